The minimum Gasteiger partial charge on any atom is -0.135 e. The highest BCUT2D eigenvalue weighted by Crippen LogP contribution is 2.64. The van der Waals surface area contributed by atoms with Crippen molar-refractivity contribution >= 4 is 58.2 Å². The lowest BCUT2D eigenvalue weighted by molar-refractivity contribution is 0.801. The molecule has 0 bridgehead atoms. The minimum atomic E-state index is -0.376. The smallest absolute Gasteiger partial charge is 0.0731 e. The molecule has 1 aromatic heterocycles. The fraction of sp³-hybridized carbons (Fsp3) is 0.0244. The fourth-order valence-electron chi connectivity index (χ4n) is 8.03. The molecule has 200 valence electrons. The zero-order valence-corrected chi connectivity index (χ0v) is 25.5. The van der Waals surface area contributed by atoms with E-state index in [4.69, 9.17) is 0 Å². The topological polar surface area (TPSA) is 0 Å². The molecule has 2 aliphatic carbocycles. The van der Waals surface area contributed by atoms with Gasteiger partial charge in [0.1, 0.15) is 0 Å². The molecule has 43 heavy (non-hydrogen) atoms. The maximum Gasteiger partial charge on any atom is 0.0731 e. The lowest BCUT2D eigenvalue weighted by Gasteiger charge is -2.31. The van der Waals surface area contributed by atoms with E-state index in [0.717, 1.165) is 4.47 Å². The summed E-state index contributed by atoms with van der Waals surface area (Å²) in [5, 5.41) is 5.25. The largest absolute Gasteiger partial charge is 0.135 e. The molecule has 2 aliphatic rings. The first-order valence-electron chi connectivity index (χ1n) is 14.7. The van der Waals surface area contributed by atoms with Crippen LogP contribution in [0.25, 0.3) is 64.3 Å². The Hall–Kier alpha value is -4.50. The third-order valence-electron chi connectivity index (χ3n) is 9.73. The van der Waals surface area contributed by atoms with E-state index in [1.807, 2.05) is 11.3 Å². The van der Waals surface area contributed by atoms with Crippen LogP contribution in [-0.4, -0.2) is 0 Å². The van der Waals surface area contributed by atoms with Gasteiger partial charge in [-0.3, -0.25) is 0 Å². The van der Waals surface area contributed by atoms with Crippen LogP contribution in [0.15, 0.2) is 144 Å². The van der Waals surface area contributed by atoms with Crippen molar-refractivity contribution in [2.45, 2.75) is 5.41 Å². The predicted molar refractivity (Wildman–Crippen MR) is 186 cm³/mol. The molecule has 0 radical (unpaired) electrons. The van der Waals surface area contributed by atoms with Gasteiger partial charge in [0.15, 0.2) is 0 Å². The SMILES string of the molecule is Brc1ccc2sc3ccc(-c4ccc5c(c4)C4(c6ccccc6-c6ccccc64)c4c-5ccc5ccccc45)cc3c2c1. The number of rotatable bonds is 1. The van der Waals surface area contributed by atoms with E-state index in [9.17, 15) is 0 Å². The average Bonchev–Trinajstić information content (AvgIpc) is 3.68. The monoisotopic (exact) mass is 626 g/mol. The van der Waals surface area contributed by atoms with E-state index < -0.39 is 0 Å². The number of halogens is 1. The summed E-state index contributed by atoms with van der Waals surface area (Å²) in [4.78, 5) is 0. The molecular weight excluding hydrogens is 604 g/mol. The molecule has 7 aromatic carbocycles. The first-order valence-corrected chi connectivity index (χ1v) is 16.3. The summed E-state index contributed by atoms with van der Waals surface area (Å²) in [7, 11) is 0. The first-order chi connectivity index (χ1) is 21.2. The van der Waals surface area contributed by atoms with Gasteiger partial charge in [0.05, 0.1) is 5.41 Å². The predicted octanol–water partition coefficient (Wildman–Crippen LogP) is 12.0. The molecule has 0 aliphatic heterocycles. The maximum atomic E-state index is 3.70. The molecule has 0 unspecified atom stereocenters. The van der Waals surface area contributed by atoms with Crippen LogP contribution in [0.3, 0.4) is 0 Å². The Kier molecular flexibility index (Phi) is 4.76. The molecular formula is C41H23BrS. The van der Waals surface area contributed by atoms with Gasteiger partial charge >= 0.3 is 0 Å². The highest BCUT2D eigenvalue weighted by molar-refractivity contribution is 9.10. The third-order valence-corrected chi connectivity index (χ3v) is 11.4. The summed E-state index contributed by atoms with van der Waals surface area (Å²) in [5.74, 6) is 0. The molecule has 10 rings (SSSR count). The van der Waals surface area contributed by atoms with Crippen LogP contribution in [0.1, 0.15) is 22.3 Å². The van der Waals surface area contributed by atoms with Crippen LogP contribution in [0.2, 0.25) is 0 Å². The normalized spacial score (nSPS) is 13.9. The summed E-state index contributed by atoms with van der Waals surface area (Å²) < 4.78 is 3.77. The van der Waals surface area contributed by atoms with Gasteiger partial charge in [-0.2, -0.15) is 0 Å². The van der Waals surface area contributed by atoms with Crippen LogP contribution in [-0.2, 0) is 5.41 Å². The first kappa shape index (κ1) is 24.0. The van der Waals surface area contributed by atoms with Crippen LogP contribution < -0.4 is 0 Å². The van der Waals surface area contributed by atoms with Gasteiger partial charge in [-0.15, -0.1) is 11.3 Å². The number of benzene rings is 7. The number of hydrogen-bond acceptors (Lipinski definition) is 1. The van der Waals surface area contributed by atoms with Crippen molar-refractivity contribution in [1.29, 1.82) is 0 Å². The minimum absolute atomic E-state index is 0.376. The Bertz CT molecular complexity index is 2430. The fourth-order valence-corrected chi connectivity index (χ4v) is 9.46. The van der Waals surface area contributed by atoms with Crippen molar-refractivity contribution in [3.05, 3.63) is 166 Å². The van der Waals surface area contributed by atoms with Gasteiger partial charge in [0.25, 0.3) is 0 Å². The van der Waals surface area contributed by atoms with E-state index >= 15 is 0 Å². The second-order valence-corrected chi connectivity index (χ2v) is 13.8. The quantitative estimate of drug-likeness (QED) is 0.170. The number of fused-ring (bicyclic) bond motifs is 15. The van der Waals surface area contributed by atoms with Crippen LogP contribution in [0.4, 0.5) is 0 Å². The molecule has 2 heteroatoms. The van der Waals surface area contributed by atoms with Crippen LogP contribution >= 0.6 is 27.3 Å². The molecule has 0 fully saturated rings. The van der Waals surface area contributed by atoms with Gasteiger partial charge in [0, 0.05) is 24.6 Å². The number of hydrogen-bond donors (Lipinski definition) is 0. The molecule has 0 nitrogen and oxygen atoms in total. The summed E-state index contributed by atoms with van der Waals surface area (Å²) in [6.45, 7) is 0. The summed E-state index contributed by atoms with van der Waals surface area (Å²) >= 11 is 5.56. The highest BCUT2D eigenvalue weighted by Gasteiger charge is 2.52. The van der Waals surface area contributed by atoms with Gasteiger partial charge in [-0.1, -0.05) is 119 Å². The van der Waals surface area contributed by atoms with Gasteiger partial charge < -0.3 is 0 Å². The molecule has 0 saturated carbocycles. The van der Waals surface area contributed by atoms with Crippen molar-refractivity contribution in [3.63, 3.8) is 0 Å². The van der Waals surface area contributed by atoms with Gasteiger partial charge in [0.2, 0.25) is 0 Å². The Morgan fingerprint density at radius 1 is 0.442 bits per heavy atom. The average molecular weight is 628 g/mol. The molecule has 1 spiro atoms. The standard InChI is InChI=1S/C41H23BrS/c42-27-16-20-39-34(23-27)33-21-25(15-19-38(33)43-39)26-14-17-31-32-18-13-24-7-1-2-8-28(24)40(32)41(37(31)22-26)35-11-5-3-9-29(35)30-10-4-6-12-36(30)41/h1-23H. The Balaban J connectivity index is 1.31. The molecule has 0 N–H and O–H groups in total. The second-order valence-electron chi connectivity index (χ2n) is 11.8. The van der Waals surface area contributed by atoms with E-state index in [-0.39, 0.29) is 5.41 Å². The summed E-state index contributed by atoms with van der Waals surface area (Å²) in [5.41, 5.74) is 13.1. The summed E-state index contributed by atoms with van der Waals surface area (Å²) in [6.07, 6.45) is 0. The van der Waals surface area contributed by atoms with Crippen molar-refractivity contribution < 1.29 is 0 Å². The number of thiophene rings is 1. The molecule has 0 amide bonds. The Labute approximate surface area is 262 Å². The molecule has 8 aromatic rings. The Morgan fingerprint density at radius 3 is 1.86 bits per heavy atom. The lowest BCUT2D eigenvalue weighted by atomic mass is 9.69. The molecule has 0 saturated heterocycles. The maximum absolute atomic E-state index is 3.70. The van der Waals surface area contributed by atoms with Gasteiger partial charge in [-0.25, -0.2) is 0 Å². The van der Waals surface area contributed by atoms with Crippen LogP contribution in [0, 0.1) is 0 Å². The van der Waals surface area contributed by atoms with Crippen LogP contribution in [0.5, 0.6) is 0 Å². The lowest BCUT2D eigenvalue weighted by Crippen LogP contribution is -2.26. The van der Waals surface area contributed by atoms with Crippen molar-refractivity contribution in [2.24, 2.45) is 0 Å². The zero-order valence-electron chi connectivity index (χ0n) is 23.1. The van der Waals surface area contributed by atoms with Crippen molar-refractivity contribution in [2.75, 3.05) is 0 Å². The van der Waals surface area contributed by atoms with E-state index in [1.165, 1.54) is 86.6 Å². The van der Waals surface area contributed by atoms with Crippen molar-refractivity contribution in [3.8, 4) is 33.4 Å². The molecule has 1 heterocycles. The second kappa shape index (κ2) is 8.54. The zero-order chi connectivity index (χ0) is 28.3. The van der Waals surface area contributed by atoms with Gasteiger partial charge in [-0.05, 0) is 103 Å². The van der Waals surface area contributed by atoms with E-state index in [0.29, 0.717) is 0 Å². The highest BCUT2D eigenvalue weighted by atomic mass is 79.9. The molecule has 0 atom stereocenters. The Morgan fingerprint density at radius 2 is 1.05 bits per heavy atom. The van der Waals surface area contributed by atoms with E-state index in [2.05, 4.69) is 155 Å². The van der Waals surface area contributed by atoms with Crippen molar-refractivity contribution in [1.82, 2.24) is 0 Å². The van der Waals surface area contributed by atoms with E-state index in [1.54, 1.807) is 0 Å². The third kappa shape index (κ3) is 3.05. The summed E-state index contributed by atoms with van der Waals surface area (Å²) in [6, 6.07) is 52.5.